The number of amides is 2. The molecule has 5 heteroatoms. The lowest BCUT2D eigenvalue weighted by Gasteiger charge is -2.56. The molecule has 1 aromatic heterocycles. The predicted octanol–water partition coefficient (Wildman–Crippen LogP) is 4.17. The van der Waals surface area contributed by atoms with Crippen LogP contribution in [-0.4, -0.2) is 11.8 Å². The van der Waals surface area contributed by atoms with E-state index >= 15 is 0 Å². The monoisotopic (exact) mass is 382 g/mol. The zero-order valence-corrected chi connectivity index (χ0v) is 16.6. The molecule has 2 N–H and O–H groups in total. The summed E-state index contributed by atoms with van der Waals surface area (Å²) in [7, 11) is 0. The highest BCUT2D eigenvalue weighted by atomic mass is 16.3. The van der Waals surface area contributed by atoms with Crippen molar-refractivity contribution in [2.75, 3.05) is 0 Å². The van der Waals surface area contributed by atoms with Gasteiger partial charge in [-0.05, 0) is 92.2 Å². The zero-order chi connectivity index (χ0) is 19.3. The van der Waals surface area contributed by atoms with Crippen LogP contribution in [-0.2, 0) is 9.59 Å². The largest absolute Gasteiger partial charge is 0.461 e. The van der Waals surface area contributed by atoms with Crippen LogP contribution in [0.2, 0.25) is 0 Å². The second-order valence-electron chi connectivity index (χ2n) is 10.0. The number of hydrazine groups is 1. The molecule has 4 bridgehead atoms. The van der Waals surface area contributed by atoms with Gasteiger partial charge in [-0.1, -0.05) is 6.92 Å². The van der Waals surface area contributed by atoms with Crippen molar-refractivity contribution in [3.8, 4) is 0 Å². The quantitative estimate of drug-likeness (QED) is 0.593. The summed E-state index contributed by atoms with van der Waals surface area (Å²) in [6, 6.07) is 3.87. The van der Waals surface area contributed by atoms with E-state index in [1.165, 1.54) is 51.0 Å². The van der Waals surface area contributed by atoms with Crippen molar-refractivity contribution in [3.05, 3.63) is 29.7 Å². The Morgan fingerprint density at radius 3 is 2.32 bits per heavy atom. The molecular formula is C23H30N2O3. The van der Waals surface area contributed by atoms with Gasteiger partial charge >= 0.3 is 0 Å². The van der Waals surface area contributed by atoms with Crippen LogP contribution in [0.3, 0.4) is 0 Å². The molecule has 5 nitrogen and oxygen atoms in total. The first-order valence-electron chi connectivity index (χ1n) is 10.8. The summed E-state index contributed by atoms with van der Waals surface area (Å²) in [4.78, 5) is 24.5. The fourth-order valence-corrected chi connectivity index (χ4v) is 6.60. The zero-order valence-electron chi connectivity index (χ0n) is 16.6. The molecule has 150 valence electrons. The summed E-state index contributed by atoms with van der Waals surface area (Å²) in [6.07, 6.45) is 12.5. The molecule has 0 spiro atoms. The molecule has 6 rings (SSSR count). The van der Waals surface area contributed by atoms with E-state index in [0.717, 1.165) is 23.5 Å². The van der Waals surface area contributed by atoms with Crippen LogP contribution in [0.1, 0.15) is 75.7 Å². The smallest absolute Gasteiger partial charge is 0.262 e. The van der Waals surface area contributed by atoms with Crippen molar-refractivity contribution < 1.29 is 14.0 Å². The van der Waals surface area contributed by atoms with E-state index in [4.69, 9.17) is 4.42 Å². The van der Waals surface area contributed by atoms with Crippen LogP contribution in [0.4, 0.5) is 0 Å². The third kappa shape index (κ3) is 3.63. The fourth-order valence-electron chi connectivity index (χ4n) is 6.60. The van der Waals surface area contributed by atoms with Gasteiger partial charge in [-0.2, -0.15) is 0 Å². The summed E-state index contributed by atoms with van der Waals surface area (Å²) in [5, 5.41) is 0. The van der Waals surface area contributed by atoms with Gasteiger partial charge in [0.2, 0.25) is 5.91 Å². The van der Waals surface area contributed by atoms with Gasteiger partial charge in [0.1, 0.15) is 11.5 Å². The predicted molar refractivity (Wildman–Crippen MR) is 106 cm³/mol. The molecular weight excluding hydrogens is 352 g/mol. The van der Waals surface area contributed by atoms with E-state index in [-0.39, 0.29) is 17.2 Å². The topological polar surface area (TPSA) is 71.3 Å². The molecule has 2 amide bonds. The van der Waals surface area contributed by atoms with E-state index in [1.807, 2.05) is 12.1 Å². The molecule has 0 radical (unpaired) electrons. The Bertz CT molecular complexity index is 773. The summed E-state index contributed by atoms with van der Waals surface area (Å²) in [5.41, 5.74) is 5.31. The number of hydrogen-bond donors (Lipinski definition) is 2. The maximum Gasteiger partial charge on any atom is 0.262 e. The molecule has 5 fully saturated rings. The van der Waals surface area contributed by atoms with Crippen molar-refractivity contribution in [1.82, 2.24) is 10.9 Å². The Labute approximate surface area is 166 Å². The number of rotatable bonds is 5. The Kier molecular flexibility index (Phi) is 4.37. The standard InChI is InChI=1S/C23H30N2O3/c1-14-6-19(14)20-4-2-18(28-20)3-5-21(26)24-25-22(27)13-23-10-15-7-16(11-23)9-17(8-15)12-23/h2-5,14-17,19H,6-13H2,1H3,(H,24,26)(H,25,27)/b5-3+. The third-order valence-electron chi connectivity index (χ3n) is 7.55. The van der Waals surface area contributed by atoms with E-state index in [2.05, 4.69) is 17.8 Å². The highest BCUT2D eigenvalue weighted by Gasteiger charge is 2.51. The van der Waals surface area contributed by atoms with Gasteiger partial charge in [-0.15, -0.1) is 0 Å². The molecule has 1 aromatic rings. The lowest BCUT2D eigenvalue weighted by Crippen LogP contribution is -2.49. The molecule has 1 heterocycles. The average Bonchev–Trinajstić information content (AvgIpc) is 3.17. The van der Waals surface area contributed by atoms with E-state index < -0.39 is 0 Å². The van der Waals surface area contributed by atoms with Crippen LogP contribution >= 0.6 is 0 Å². The lowest BCUT2D eigenvalue weighted by atomic mass is 9.49. The van der Waals surface area contributed by atoms with Gasteiger partial charge in [0.25, 0.3) is 5.91 Å². The van der Waals surface area contributed by atoms with Crippen LogP contribution < -0.4 is 10.9 Å². The molecule has 5 saturated carbocycles. The number of furan rings is 1. The second kappa shape index (κ2) is 6.78. The number of carbonyl (C=O) groups is 2. The van der Waals surface area contributed by atoms with Gasteiger partial charge < -0.3 is 4.42 Å². The average molecular weight is 383 g/mol. The Balaban J connectivity index is 1.10. The highest BCUT2D eigenvalue weighted by molar-refractivity contribution is 5.92. The molecule has 28 heavy (non-hydrogen) atoms. The lowest BCUT2D eigenvalue weighted by molar-refractivity contribution is -0.133. The summed E-state index contributed by atoms with van der Waals surface area (Å²) >= 11 is 0. The van der Waals surface area contributed by atoms with Crippen molar-refractivity contribution >= 4 is 17.9 Å². The number of hydrogen-bond acceptors (Lipinski definition) is 3. The Hall–Kier alpha value is -2.04. The first kappa shape index (κ1) is 18.0. The first-order chi connectivity index (χ1) is 13.5. The molecule has 2 unspecified atom stereocenters. The maximum absolute atomic E-state index is 12.5. The first-order valence-corrected chi connectivity index (χ1v) is 10.8. The fraction of sp³-hybridized carbons (Fsp3) is 0.652. The van der Waals surface area contributed by atoms with Crippen LogP contribution in [0.5, 0.6) is 0 Å². The SMILES string of the molecule is CC1CC1c1ccc(/C=C/C(=O)NNC(=O)CC23CC4CC(CC(C4)C2)C3)o1. The molecule has 0 saturated heterocycles. The Morgan fingerprint density at radius 1 is 1.07 bits per heavy atom. The minimum atomic E-state index is -0.336. The van der Waals surface area contributed by atoms with Crippen molar-refractivity contribution in [2.24, 2.45) is 29.1 Å². The molecule has 5 aliphatic rings. The highest BCUT2D eigenvalue weighted by Crippen LogP contribution is 2.61. The van der Waals surface area contributed by atoms with Crippen LogP contribution in [0, 0.1) is 29.1 Å². The third-order valence-corrected chi connectivity index (χ3v) is 7.55. The summed E-state index contributed by atoms with van der Waals surface area (Å²) in [5.74, 6) is 4.97. The molecule has 0 aromatic carbocycles. The normalized spacial score (nSPS) is 38.0. The second-order valence-corrected chi connectivity index (χ2v) is 10.0. The summed E-state index contributed by atoms with van der Waals surface area (Å²) in [6.45, 7) is 2.21. The van der Waals surface area contributed by atoms with E-state index in [0.29, 0.717) is 24.0 Å². The number of nitrogens with one attached hydrogen (secondary N) is 2. The van der Waals surface area contributed by atoms with Gasteiger partial charge in [0.15, 0.2) is 0 Å². The maximum atomic E-state index is 12.5. The molecule has 2 atom stereocenters. The van der Waals surface area contributed by atoms with E-state index in [1.54, 1.807) is 6.08 Å². The summed E-state index contributed by atoms with van der Waals surface area (Å²) < 4.78 is 5.76. The van der Waals surface area contributed by atoms with Gasteiger partial charge in [-0.3, -0.25) is 20.4 Å². The van der Waals surface area contributed by atoms with Crippen LogP contribution in [0.25, 0.3) is 6.08 Å². The Morgan fingerprint density at radius 2 is 1.71 bits per heavy atom. The van der Waals surface area contributed by atoms with Crippen molar-refractivity contribution in [3.63, 3.8) is 0 Å². The van der Waals surface area contributed by atoms with E-state index in [9.17, 15) is 9.59 Å². The van der Waals surface area contributed by atoms with Gasteiger partial charge in [0, 0.05) is 18.4 Å². The van der Waals surface area contributed by atoms with Crippen molar-refractivity contribution in [2.45, 2.75) is 64.2 Å². The molecule has 5 aliphatic carbocycles. The van der Waals surface area contributed by atoms with Gasteiger partial charge in [0.05, 0.1) is 0 Å². The van der Waals surface area contributed by atoms with Crippen LogP contribution in [0.15, 0.2) is 22.6 Å². The minimum Gasteiger partial charge on any atom is -0.461 e. The molecule has 0 aliphatic heterocycles. The van der Waals surface area contributed by atoms with Gasteiger partial charge in [-0.25, -0.2) is 0 Å². The number of carbonyl (C=O) groups excluding carboxylic acids is 2. The minimum absolute atomic E-state index is 0.0632. The van der Waals surface area contributed by atoms with Crippen molar-refractivity contribution in [1.29, 1.82) is 0 Å².